The molecule has 2 saturated heterocycles. The molecule has 2 fully saturated rings. The van der Waals surface area contributed by atoms with Crippen molar-refractivity contribution in [1.29, 1.82) is 0 Å². The number of fused-ring (bicyclic) bond motifs is 4. The van der Waals surface area contributed by atoms with E-state index in [2.05, 4.69) is 0 Å². The Hall–Kier alpha value is -2.76. The molecule has 6 heteroatoms. The van der Waals surface area contributed by atoms with Gasteiger partial charge in [0, 0.05) is 23.2 Å². The van der Waals surface area contributed by atoms with Crippen molar-refractivity contribution in [3.8, 4) is 11.5 Å². The van der Waals surface area contributed by atoms with Crippen molar-refractivity contribution >= 4 is 11.5 Å². The van der Waals surface area contributed by atoms with E-state index in [1.165, 1.54) is 0 Å². The highest BCUT2D eigenvalue weighted by Crippen LogP contribution is 2.49. The number of hydrogen-bond donors (Lipinski definition) is 0. The molecule has 3 aliphatic heterocycles. The van der Waals surface area contributed by atoms with Gasteiger partial charge in [-0.2, -0.15) is 13.2 Å². The molecule has 0 aromatic heterocycles. The van der Waals surface area contributed by atoms with Crippen molar-refractivity contribution in [3.05, 3.63) is 65.2 Å². The van der Waals surface area contributed by atoms with Gasteiger partial charge in [-0.1, -0.05) is 42.0 Å². The van der Waals surface area contributed by atoms with E-state index in [4.69, 9.17) is 4.74 Å². The largest absolute Gasteiger partial charge is 0.471 e. The molecular formula is C22H18F3NO2. The molecular weight excluding hydrogens is 367 g/mol. The van der Waals surface area contributed by atoms with E-state index in [1.54, 1.807) is 0 Å². The monoisotopic (exact) mass is 385 g/mol. The first kappa shape index (κ1) is 17.3. The van der Waals surface area contributed by atoms with Crippen LogP contribution < -0.4 is 4.74 Å². The first-order chi connectivity index (χ1) is 13.4. The van der Waals surface area contributed by atoms with Crippen LogP contribution in [0.1, 0.15) is 36.8 Å². The highest BCUT2D eigenvalue weighted by molar-refractivity contribution is 5.90. The van der Waals surface area contributed by atoms with Gasteiger partial charge in [-0.05, 0) is 43.4 Å². The third-order valence-corrected chi connectivity index (χ3v) is 5.95. The molecule has 3 heterocycles. The summed E-state index contributed by atoms with van der Waals surface area (Å²) in [6.07, 6.45) is -2.65. The molecule has 2 aromatic carbocycles. The summed E-state index contributed by atoms with van der Waals surface area (Å²) < 4.78 is 45.1. The number of para-hydroxylation sites is 2. The van der Waals surface area contributed by atoms with E-state index >= 15 is 0 Å². The molecule has 28 heavy (non-hydrogen) atoms. The minimum absolute atomic E-state index is 0.391. The van der Waals surface area contributed by atoms with E-state index in [1.807, 2.05) is 48.5 Å². The Morgan fingerprint density at radius 1 is 0.893 bits per heavy atom. The lowest BCUT2D eigenvalue weighted by Gasteiger charge is -2.38. The number of hydrogen-bond acceptors (Lipinski definition) is 2. The zero-order chi connectivity index (χ0) is 19.5. The summed E-state index contributed by atoms with van der Waals surface area (Å²) in [5.74, 6) is -0.188. The smallest absolute Gasteiger partial charge is 0.456 e. The molecule has 3 aliphatic rings. The normalized spacial score (nSPS) is 23.2. The van der Waals surface area contributed by atoms with Crippen molar-refractivity contribution in [1.82, 2.24) is 4.90 Å². The van der Waals surface area contributed by atoms with Crippen LogP contribution in [-0.2, 0) is 4.79 Å². The lowest BCUT2D eigenvalue weighted by molar-refractivity contribution is -0.189. The number of nitrogens with zero attached hydrogens (tertiary/aromatic N) is 1. The van der Waals surface area contributed by atoms with Gasteiger partial charge in [-0.15, -0.1) is 0 Å². The topological polar surface area (TPSA) is 29.5 Å². The van der Waals surface area contributed by atoms with Crippen LogP contribution in [0.25, 0.3) is 5.57 Å². The SMILES string of the molecule is O=C(N1C2CCC1CC(=C1c3ccccc3Oc3ccccc31)C2)C(F)(F)F. The maximum atomic E-state index is 13.0. The lowest BCUT2D eigenvalue weighted by atomic mass is 9.84. The van der Waals surface area contributed by atoms with Gasteiger partial charge in [0.05, 0.1) is 0 Å². The highest BCUT2D eigenvalue weighted by atomic mass is 19.4. The molecule has 0 N–H and O–H groups in total. The van der Waals surface area contributed by atoms with E-state index in [-0.39, 0.29) is 0 Å². The molecule has 1 amide bonds. The Morgan fingerprint density at radius 3 is 1.89 bits per heavy atom. The van der Waals surface area contributed by atoms with Crippen LogP contribution in [0.5, 0.6) is 11.5 Å². The molecule has 0 aliphatic carbocycles. The van der Waals surface area contributed by atoms with Crippen molar-refractivity contribution < 1.29 is 22.7 Å². The molecule has 3 nitrogen and oxygen atoms in total. The lowest BCUT2D eigenvalue weighted by Crippen LogP contribution is -2.50. The van der Waals surface area contributed by atoms with Crippen LogP contribution in [0, 0.1) is 0 Å². The molecule has 0 saturated carbocycles. The molecule has 2 atom stereocenters. The number of carbonyl (C=O) groups excluding carboxylic acids is 1. The molecule has 0 spiro atoms. The van der Waals surface area contributed by atoms with E-state index < -0.39 is 24.2 Å². The van der Waals surface area contributed by atoms with Gasteiger partial charge in [0.15, 0.2) is 0 Å². The standard InChI is InChI=1S/C22H18F3NO2/c23-22(24,25)21(27)26-14-9-10-15(26)12-13(11-14)20-16-5-1-3-7-18(16)28-19-8-4-2-6-17(19)20/h1-8,14-15H,9-12H2. The van der Waals surface area contributed by atoms with Crippen LogP contribution in [0.4, 0.5) is 13.2 Å². The van der Waals surface area contributed by atoms with Gasteiger partial charge in [-0.3, -0.25) is 4.79 Å². The quantitative estimate of drug-likeness (QED) is 0.525. The van der Waals surface area contributed by atoms with Gasteiger partial charge in [0.25, 0.3) is 0 Å². The number of piperidine rings is 1. The minimum Gasteiger partial charge on any atom is -0.456 e. The van der Waals surface area contributed by atoms with E-state index in [0.717, 1.165) is 38.7 Å². The Balaban J connectivity index is 1.60. The predicted molar refractivity (Wildman–Crippen MR) is 97.9 cm³/mol. The number of alkyl halides is 3. The average molecular weight is 385 g/mol. The van der Waals surface area contributed by atoms with Gasteiger partial charge >= 0.3 is 12.1 Å². The zero-order valence-electron chi connectivity index (χ0n) is 15.0. The minimum atomic E-state index is -4.82. The third-order valence-electron chi connectivity index (χ3n) is 5.95. The number of benzene rings is 2. The fourth-order valence-electron chi connectivity index (χ4n) is 4.87. The van der Waals surface area contributed by atoms with Crippen LogP contribution in [0.15, 0.2) is 54.1 Å². The summed E-state index contributed by atoms with van der Waals surface area (Å²) in [7, 11) is 0. The van der Waals surface area contributed by atoms with Crippen molar-refractivity contribution in [2.75, 3.05) is 0 Å². The van der Waals surface area contributed by atoms with Crippen LogP contribution in [0.2, 0.25) is 0 Å². The average Bonchev–Trinajstić information content (AvgIpc) is 2.93. The van der Waals surface area contributed by atoms with Gasteiger partial charge < -0.3 is 9.64 Å². The van der Waals surface area contributed by atoms with E-state index in [0.29, 0.717) is 25.7 Å². The predicted octanol–water partition coefficient (Wildman–Crippen LogP) is 5.31. The number of ether oxygens (including phenoxy) is 1. The number of carbonyl (C=O) groups is 1. The number of rotatable bonds is 0. The van der Waals surface area contributed by atoms with Crippen molar-refractivity contribution in [2.24, 2.45) is 0 Å². The fourth-order valence-corrected chi connectivity index (χ4v) is 4.87. The van der Waals surface area contributed by atoms with Crippen LogP contribution in [0.3, 0.4) is 0 Å². The molecule has 2 aromatic rings. The molecule has 0 radical (unpaired) electrons. The maximum absolute atomic E-state index is 13.0. The summed E-state index contributed by atoms with van der Waals surface area (Å²) in [4.78, 5) is 13.0. The summed E-state index contributed by atoms with van der Waals surface area (Å²) in [6, 6.07) is 14.7. The Kier molecular flexibility index (Phi) is 3.79. The fraction of sp³-hybridized carbons (Fsp3) is 0.318. The second-order valence-electron chi connectivity index (χ2n) is 7.58. The first-order valence-corrected chi connectivity index (χ1v) is 9.41. The van der Waals surface area contributed by atoms with Crippen LogP contribution in [-0.4, -0.2) is 29.1 Å². The highest BCUT2D eigenvalue weighted by Gasteiger charge is 2.51. The van der Waals surface area contributed by atoms with Gasteiger partial charge in [0.2, 0.25) is 0 Å². The zero-order valence-corrected chi connectivity index (χ0v) is 15.0. The molecule has 5 rings (SSSR count). The maximum Gasteiger partial charge on any atom is 0.471 e. The van der Waals surface area contributed by atoms with Crippen molar-refractivity contribution in [2.45, 2.75) is 43.9 Å². The Bertz CT molecular complexity index is 932. The van der Waals surface area contributed by atoms with Gasteiger partial charge in [-0.25, -0.2) is 0 Å². The van der Waals surface area contributed by atoms with Gasteiger partial charge in [0.1, 0.15) is 11.5 Å². The van der Waals surface area contributed by atoms with Crippen LogP contribution >= 0.6 is 0 Å². The summed E-state index contributed by atoms with van der Waals surface area (Å²) in [5.41, 5.74) is 4.09. The molecule has 2 unspecified atom stereocenters. The summed E-state index contributed by atoms with van der Waals surface area (Å²) >= 11 is 0. The van der Waals surface area contributed by atoms with E-state index in [9.17, 15) is 18.0 Å². The summed E-state index contributed by atoms with van der Waals surface area (Å²) in [6.45, 7) is 0. The molecule has 144 valence electrons. The Labute approximate surface area is 160 Å². The number of amides is 1. The second kappa shape index (κ2) is 6.12. The molecule has 2 bridgehead atoms. The summed E-state index contributed by atoms with van der Waals surface area (Å²) in [5, 5.41) is 0. The second-order valence-corrected chi connectivity index (χ2v) is 7.58. The Morgan fingerprint density at radius 2 is 1.39 bits per heavy atom. The van der Waals surface area contributed by atoms with Crippen molar-refractivity contribution in [3.63, 3.8) is 0 Å². The number of halogens is 3. The third kappa shape index (κ3) is 2.62. The first-order valence-electron chi connectivity index (χ1n) is 9.41.